The molecule has 0 aliphatic heterocycles. The lowest BCUT2D eigenvalue weighted by atomic mass is 10.1. The number of hydrogen-bond donors (Lipinski definition) is 1. The SMILES string of the molecule is N#Cc1ccc(C(=O)NN=Cc2cn(Cc3ccc(F)cc3)c3ccccc23)c(F)c1. The standard InChI is InChI=1S/C24H16F2N4O/c25-19-8-5-16(6-9-19)14-30-15-18(20-3-1-2-4-23(20)30)13-28-29-24(31)21-10-7-17(12-27)11-22(21)26/h1-11,13,15H,14H2,(H,29,31). The van der Waals surface area contributed by atoms with Crippen LogP contribution in [0.3, 0.4) is 0 Å². The molecule has 0 saturated carbocycles. The van der Waals surface area contributed by atoms with Gasteiger partial charge in [-0.1, -0.05) is 30.3 Å². The number of aromatic nitrogens is 1. The van der Waals surface area contributed by atoms with E-state index in [2.05, 4.69) is 10.5 Å². The zero-order valence-corrected chi connectivity index (χ0v) is 16.2. The summed E-state index contributed by atoms with van der Waals surface area (Å²) in [6, 6.07) is 19.4. The number of hydrogen-bond acceptors (Lipinski definition) is 3. The van der Waals surface area contributed by atoms with Crippen molar-refractivity contribution >= 4 is 23.0 Å². The summed E-state index contributed by atoms with van der Waals surface area (Å²) < 4.78 is 29.2. The quantitative estimate of drug-likeness (QED) is 0.383. The number of para-hydroxylation sites is 1. The van der Waals surface area contributed by atoms with Gasteiger partial charge in [0.25, 0.3) is 5.91 Å². The summed E-state index contributed by atoms with van der Waals surface area (Å²) in [5.74, 6) is -1.79. The van der Waals surface area contributed by atoms with E-state index in [0.29, 0.717) is 6.54 Å². The van der Waals surface area contributed by atoms with Gasteiger partial charge in [0.1, 0.15) is 11.6 Å². The molecule has 31 heavy (non-hydrogen) atoms. The van der Waals surface area contributed by atoms with E-state index in [4.69, 9.17) is 5.26 Å². The number of rotatable bonds is 5. The highest BCUT2D eigenvalue weighted by Crippen LogP contribution is 2.21. The molecule has 0 fully saturated rings. The van der Waals surface area contributed by atoms with Crippen LogP contribution in [0, 0.1) is 23.0 Å². The smallest absolute Gasteiger partial charge is 0.274 e. The Bertz CT molecular complexity index is 1330. The maximum atomic E-state index is 14.0. The van der Waals surface area contributed by atoms with Gasteiger partial charge in [0.05, 0.1) is 23.4 Å². The second-order valence-corrected chi connectivity index (χ2v) is 6.86. The second-order valence-electron chi connectivity index (χ2n) is 6.86. The molecule has 5 nitrogen and oxygen atoms in total. The largest absolute Gasteiger partial charge is 0.342 e. The van der Waals surface area contributed by atoms with Crippen molar-refractivity contribution in [3.8, 4) is 6.07 Å². The summed E-state index contributed by atoms with van der Waals surface area (Å²) >= 11 is 0. The molecule has 1 amide bonds. The van der Waals surface area contributed by atoms with Crippen LogP contribution in [-0.2, 0) is 6.54 Å². The lowest BCUT2D eigenvalue weighted by Gasteiger charge is -2.05. The predicted molar refractivity (Wildman–Crippen MR) is 114 cm³/mol. The molecule has 4 aromatic rings. The van der Waals surface area contributed by atoms with E-state index in [9.17, 15) is 13.6 Å². The molecule has 0 aliphatic carbocycles. The van der Waals surface area contributed by atoms with Crippen LogP contribution in [0.25, 0.3) is 10.9 Å². The molecule has 0 radical (unpaired) electrons. The zero-order valence-electron chi connectivity index (χ0n) is 16.2. The maximum Gasteiger partial charge on any atom is 0.274 e. The van der Waals surface area contributed by atoms with Crippen molar-refractivity contribution in [1.82, 2.24) is 9.99 Å². The van der Waals surface area contributed by atoms with E-state index in [1.54, 1.807) is 12.1 Å². The Morgan fingerprint density at radius 1 is 1.10 bits per heavy atom. The van der Waals surface area contributed by atoms with Gasteiger partial charge in [0, 0.05) is 29.2 Å². The van der Waals surface area contributed by atoms with Crippen LogP contribution in [0.1, 0.15) is 27.0 Å². The summed E-state index contributed by atoms with van der Waals surface area (Å²) in [6.45, 7) is 0.539. The monoisotopic (exact) mass is 414 g/mol. The fraction of sp³-hybridized carbons (Fsp3) is 0.0417. The molecule has 0 unspecified atom stereocenters. The zero-order chi connectivity index (χ0) is 21.8. The molecular formula is C24H16F2N4O. The Morgan fingerprint density at radius 3 is 2.61 bits per heavy atom. The summed E-state index contributed by atoms with van der Waals surface area (Å²) in [5.41, 5.74) is 4.90. The molecule has 0 aliphatic rings. The van der Waals surface area contributed by atoms with Crippen LogP contribution in [0.2, 0.25) is 0 Å². The Hall–Kier alpha value is -4.31. The molecule has 152 valence electrons. The lowest BCUT2D eigenvalue weighted by molar-refractivity contribution is 0.0951. The van der Waals surface area contributed by atoms with E-state index in [1.165, 1.54) is 30.5 Å². The van der Waals surface area contributed by atoms with Gasteiger partial charge in [-0.05, 0) is 42.0 Å². The number of carbonyl (C=O) groups is 1. The first kappa shape index (κ1) is 20.0. The number of carbonyl (C=O) groups excluding carboxylic acids is 1. The topological polar surface area (TPSA) is 70.2 Å². The fourth-order valence-corrected chi connectivity index (χ4v) is 3.28. The summed E-state index contributed by atoms with van der Waals surface area (Å²) in [4.78, 5) is 12.2. The van der Waals surface area contributed by atoms with Crippen molar-refractivity contribution in [1.29, 1.82) is 5.26 Å². The molecule has 4 rings (SSSR count). The first-order chi connectivity index (χ1) is 15.0. The fourth-order valence-electron chi connectivity index (χ4n) is 3.28. The van der Waals surface area contributed by atoms with Gasteiger partial charge in [-0.3, -0.25) is 4.79 Å². The summed E-state index contributed by atoms with van der Waals surface area (Å²) in [6.07, 6.45) is 3.37. The van der Waals surface area contributed by atoms with Crippen LogP contribution in [0.5, 0.6) is 0 Å². The molecule has 0 atom stereocenters. The number of nitrogens with zero attached hydrogens (tertiary/aromatic N) is 3. The summed E-state index contributed by atoms with van der Waals surface area (Å²) in [5, 5.41) is 13.7. The maximum absolute atomic E-state index is 14.0. The van der Waals surface area contributed by atoms with Gasteiger partial charge < -0.3 is 4.57 Å². The van der Waals surface area contributed by atoms with Crippen molar-refractivity contribution < 1.29 is 13.6 Å². The molecule has 0 saturated heterocycles. The normalized spacial score (nSPS) is 11.0. The number of hydrazone groups is 1. The van der Waals surface area contributed by atoms with Crippen LogP contribution in [-0.4, -0.2) is 16.7 Å². The molecule has 1 aromatic heterocycles. The van der Waals surface area contributed by atoms with E-state index in [-0.39, 0.29) is 16.9 Å². The molecular weight excluding hydrogens is 398 g/mol. The van der Waals surface area contributed by atoms with Gasteiger partial charge in [-0.2, -0.15) is 10.4 Å². The second kappa shape index (κ2) is 8.59. The third kappa shape index (κ3) is 4.33. The van der Waals surface area contributed by atoms with Crippen LogP contribution >= 0.6 is 0 Å². The van der Waals surface area contributed by atoms with E-state index >= 15 is 0 Å². The van der Waals surface area contributed by atoms with Crippen molar-refractivity contribution in [3.63, 3.8) is 0 Å². The Balaban J connectivity index is 1.56. The van der Waals surface area contributed by atoms with Gasteiger partial charge in [0.2, 0.25) is 0 Å². The highest BCUT2D eigenvalue weighted by molar-refractivity contribution is 6.00. The van der Waals surface area contributed by atoms with Crippen LogP contribution in [0.15, 0.2) is 78.0 Å². The third-order valence-electron chi connectivity index (χ3n) is 4.80. The Morgan fingerprint density at radius 2 is 1.87 bits per heavy atom. The van der Waals surface area contributed by atoms with E-state index in [1.807, 2.05) is 41.1 Å². The highest BCUT2D eigenvalue weighted by atomic mass is 19.1. The molecule has 0 spiro atoms. The molecule has 7 heteroatoms. The van der Waals surface area contributed by atoms with Gasteiger partial charge in [-0.25, -0.2) is 14.2 Å². The average Bonchev–Trinajstić information content (AvgIpc) is 3.12. The number of nitrogens with one attached hydrogen (secondary N) is 1. The lowest BCUT2D eigenvalue weighted by Crippen LogP contribution is -2.19. The minimum atomic E-state index is -0.789. The average molecular weight is 414 g/mol. The number of nitriles is 1. The number of halogens is 2. The number of amides is 1. The Kier molecular flexibility index (Phi) is 5.54. The minimum Gasteiger partial charge on any atom is -0.342 e. The predicted octanol–water partition coefficient (Wildman–Crippen LogP) is 4.60. The van der Waals surface area contributed by atoms with Gasteiger partial charge in [-0.15, -0.1) is 0 Å². The first-order valence-electron chi connectivity index (χ1n) is 9.40. The number of fused-ring (bicyclic) bond motifs is 1. The summed E-state index contributed by atoms with van der Waals surface area (Å²) in [7, 11) is 0. The number of benzene rings is 3. The van der Waals surface area contributed by atoms with Crippen molar-refractivity contribution in [2.45, 2.75) is 6.54 Å². The van der Waals surface area contributed by atoms with Crippen molar-refractivity contribution in [2.24, 2.45) is 5.10 Å². The highest BCUT2D eigenvalue weighted by Gasteiger charge is 2.12. The van der Waals surface area contributed by atoms with Crippen molar-refractivity contribution in [2.75, 3.05) is 0 Å². The Labute approximate surface area is 176 Å². The third-order valence-corrected chi connectivity index (χ3v) is 4.80. The molecule has 3 aromatic carbocycles. The molecule has 1 heterocycles. The van der Waals surface area contributed by atoms with E-state index < -0.39 is 11.7 Å². The minimum absolute atomic E-state index is 0.131. The first-order valence-corrected chi connectivity index (χ1v) is 9.40. The molecule has 1 N–H and O–H groups in total. The molecule has 0 bridgehead atoms. The van der Waals surface area contributed by atoms with Gasteiger partial charge in [0.15, 0.2) is 0 Å². The van der Waals surface area contributed by atoms with E-state index in [0.717, 1.165) is 28.1 Å². The van der Waals surface area contributed by atoms with Crippen LogP contribution in [0.4, 0.5) is 8.78 Å². The van der Waals surface area contributed by atoms with Crippen LogP contribution < -0.4 is 5.43 Å². The van der Waals surface area contributed by atoms with Gasteiger partial charge >= 0.3 is 0 Å². The van der Waals surface area contributed by atoms with Crippen molar-refractivity contribution in [3.05, 3.63) is 107 Å².